The summed E-state index contributed by atoms with van der Waals surface area (Å²) in [5.41, 5.74) is 3.40. The molecule has 4 aromatic rings. The van der Waals surface area contributed by atoms with Crippen molar-refractivity contribution in [3.63, 3.8) is 0 Å². The number of hydrogen-bond donors (Lipinski definition) is 0. The summed E-state index contributed by atoms with van der Waals surface area (Å²) in [7, 11) is 1.81. The number of aromatic nitrogens is 7. The molecule has 1 aromatic carbocycles. The molecule has 0 spiro atoms. The first-order chi connectivity index (χ1) is 14.5. The normalized spacial score (nSPS) is 11.0. The first kappa shape index (κ1) is 19.6. The van der Waals surface area contributed by atoms with Gasteiger partial charge in [-0.1, -0.05) is 30.3 Å². The highest BCUT2D eigenvalue weighted by Crippen LogP contribution is 2.20. The van der Waals surface area contributed by atoms with E-state index >= 15 is 0 Å². The lowest BCUT2D eigenvalue weighted by molar-refractivity contribution is 0.0493. The molecule has 0 aliphatic carbocycles. The summed E-state index contributed by atoms with van der Waals surface area (Å²) in [6, 6.07) is 13.7. The zero-order valence-electron chi connectivity index (χ0n) is 17.2. The van der Waals surface area contributed by atoms with Crippen LogP contribution in [-0.2, 0) is 18.3 Å². The maximum atomic E-state index is 12.7. The second kappa shape index (κ2) is 8.32. The molecule has 0 aliphatic heterocycles. The third kappa shape index (κ3) is 3.86. The first-order valence-corrected chi connectivity index (χ1v) is 9.72. The van der Waals surface area contributed by atoms with Gasteiger partial charge in [0.25, 0.3) is 0 Å². The van der Waals surface area contributed by atoms with Crippen molar-refractivity contribution in [3.05, 3.63) is 65.6 Å². The monoisotopic (exact) mass is 405 g/mol. The molecular weight excluding hydrogens is 382 g/mol. The number of ether oxygens (including phenoxy) is 1. The molecule has 4 rings (SSSR count). The average Bonchev–Trinajstić information content (AvgIpc) is 3.45. The summed E-state index contributed by atoms with van der Waals surface area (Å²) < 4.78 is 9.15. The molecule has 154 valence electrons. The van der Waals surface area contributed by atoms with Crippen molar-refractivity contribution in [3.8, 4) is 17.2 Å². The van der Waals surface area contributed by atoms with Crippen LogP contribution in [0.4, 0.5) is 0 Å². The van der Waals surface area contributed by atoms with Crippen LogP contribution >= 0.6 is 0 Å². The number of benzene rings is 1. The van der Waals surface area contributed by atoms with Crippen LogP contribution in [0, 0.1) is 13.8 Å². The van der Waals surface area contributed by atoms with Gasteiger partial charge in [-0.15, -0.1) is 10.2 Å². The highest BCUT2D eigenvalue weighted by Gasteiger charge is 2.21. The summed E-state index contributed by atoms with van der Waals surface area (Å²) in [6.07, 6.45) is 2.12. The zero-order chi connectivity index (χ0) is 21.1. The molecule has 0 unspecified atom stereocenters. The standard InChI is InChI=1S/C21H23N7O2/c1-15-10-11-16(2)28(15)20-18(14-22-26(20)3)21(29)30-13-7-12-27-24-19(23-25-27)17-8-5-4-6-9-17/h4-6,8-11,14H,7,12-13H2,1-3H3. The number of hydrogen-bond acceptors (Lipinski definition) is 6. The highest BCUT2D eigenvalue weighted by atomic mass is 16.5. The van der Waals surface area contributed by atoms with Crippen LogP contribution in [0.15, 0.2) is 48.7 Å². The summed E-state index contributed by atoms with van der Waals surface area (Å²) in [4.78, 5) is 14.2. The smallest absolute Gasteiger partial charge is 0.343 e. The van der Waals surface area contributed by atoms with E-state index in [4.69, 9.17) is 4.74 Å². The van der Waals surface area contributed by atoms with E-state index in [0.717, 1.165) is 17.0 Å². The second-order valence-corrected chi connectivity index (χ2v) is 7.02. The molecule has 0 N–H and O–H groups in total. The fourth-order valence-corrected chi connectivity index (χ4v) is 3.33. The van der Waals surface area contributed by atoms with E-state index in [2.05, 4.69) is 20.5 Å². The van der Waals surface area contributed by atoms with Crippen molar-refractivity contribution in [2.75, 3.05) is 6.61 Å². The van der Waals surface area contributed by atoms with E-state index in [-0.39, 0.29) is 6.61 Å². The lowest BCUT2D eigenvalue weighted by Gasteiger charge is -2.12. The molecule has 0 bridgehead atoms. The maximum absolute atomic E-state index is 12.7. The Labute approximate surface area is 173 Å². The summed E-state index contributed by atoms with van der Waals surface area (Å²) in [5.74, 6) is 0.873. The van der Waals surface area contributed by atoms with Gasteiger partial charge in [0.05, 0.1) is 19.3 Å². The minimum absolute atomic E-state index is 0.249. The van der Waals surface area contributed by atoms with Crippen molar-refractivity contribution in [1.29, 1.82) is 0 Å². The lowest BCUT2D eigenvalue weighted by atomic mass is 10.2. The topological polar surface area (TPSA) is 92.7 Å². The molecule has 0 radical (unpaired) electrons. The fourth-order valence-electron chi connectivity index (χ4n) is 3.33. The van der Waals surface area contributed by atoms with E-state index in [9.17, 15) is 4.79 Å². The molecule has 9 nitrogen and oxygen atoms in total. The Morgan fingerprint density at radius 3 is 2.53 bits per heavy atom. The molecule has 0 amide bonds. The van der Waals surface area contributed by atoms with Gasteiger partial charge in [-0.3, -0.25) is 4.68 Å². The Morgan fingerprint density at radius 2 is 1.80 bits per heavy atom. The molecular formula is C21H23N7O2. The van der Waals surface area contributed by atoms with Crippen LogP contribution in [0.5, 0.6) is 0 Å². The van der Waals surface area contributed by atoms with Crippen LogP contribution in [0.25, 0.3) is 17.2 Å². The van der Waals surface area contributed by atoms with Gasteiger partial charge in [0.2, 0.25) is 5.82 Å². The zero-order valence-corrected chi connectivity index (χ0v) is 17.2. The number of esters is 1. The fraction of sp³-hybridized carbons (Fsp3) is 0.286. The summed E-state index contributed by atoms with van der Waals surface area (Å²) in [6.45, 7) is 4.73. The van der Waals surface area contributed by atoms with E-state index in [1.54, 1.807) is 10.9 Å². The minimum Gasteiger partial charge on any atom is -0.462 e. The quantitative estimate of drug-likeness (QED) is 0.347. The molecule has 0 fully saturated rings. The van der Waals surface area contributed by atoms with Crippen molar-refractivity contribution in [2.45, 2.75) is 26.8 Å². The third-order valence-corrected chi connectivity index (χ3v) is 4.83. The largest absolute Gasteiger partial charge is 0.462 e. The number of nitrogens with zero attached hydrogens (tertiary/aromatic N) is 7. The average molecular weight is 405 g/mol. The summed E-state index contributed by atoms with van der Waals surface area (Å²) >= 11 is 0. The van der Waals surface area contributed by atoms with Gasteiger partial charge in [-0.2, -0.15) is 9.90 Å². The van der Waals surface area contributed by atoms with Crippen molar-refractivity contribution < 1.29 is 9.53 Å². The van der Waals surface area contributed by atoms with Crippen LogP contribution < -0.4 is 0 Å². The Kier molecular flexibility index (Phi) is 5.42. The molecule has 0 atom stereocenters. The molecule has 0 saturated carbocycles. The van der Waals surface area contributed by atoms with Crippen LogP contribution in [0.1, 0.15) is 28.2 Å². The Bertz CT molecular complexity index is 1140. The SMILES string of the molecule is Cc1ccc(C)n1-c1c(C(=O)OCCCn2nnc(-c3ccccc3)n2)cnn1C. The van der Waals surface area contributed by atoms with Crippen molar-refractivity contribution in [2.24, 2.45) is 7.05 Å². The van der Waals surface area contributed by atoms with Gasteiger partial charge >= 0.3 is 5.97 Å². The van der Waals surface area contributed by atoms with Gasteiger partial charge in [0.1, 0.15) is 11.4 Å². The number of rotatable bonds is 7. The van der Waals surface area contributed by atoms with Crippen LogP contribution in [0.2, 0.25) is 0 Å². The van der Waals surface area contributed by atoms with E-state index in [1.165, 1.54) is 4.80 Å². The molecule has 3 aromatic heterocycles. The first-order valence-electron chi connectivity index (χ1n) is 9.72. The molecule has 3 heterocycles. The molecule has 0 saturated heterocycles. The third-order valence-electron chi connectivity index (χ3n) is 4.83. The van der Waals surface area contributed by atoms with Crippen LogP contribution in [-0.4, -0.2) is 47.1 Å². The number of aryl methyl sites for hydroxylation is 4. The van der Waals surface area contributed by atoms with Gasteiger partial charge in [0, 0.05) is 30.4 Å². The Hall–Kier alpha value is -3.75. The molecule has 0 aliphatic rings. The molecule has 9 heteroatoms. The highest BCUT2D eigenvalue weighted by molar-refractivity contribution is 5.92. The Balaban J connectivity index is 1.36. The van der Waals surface area contributed by atoms with E-state index in [1.807, 2.05) is 67.9 Å². The lowest BCUT2D eigenvalue weighted by Crippen LogP contribution is -2.14. The van der Waals surface area contributed by atoms with Gasteiger partial charge in [-0.05, 0) is 31.2 Å². The number of carbonyl (C=O) groups excluding carboxylic acids is 1. The maximum Gasteiger partial charge on any atom is 0.343 e. The van der Waals surface area contributed by atoms with Crippen molar-refractivity contribution >= 4 is 5.97 Å². The van der Waals surface area contributed by atoms with Gasteiger partial charge in [0.15, 0.2) is 0 Å². The number of tetrazole rings is 1. The predicted octanol–water partition coefficient (Wildman–Crippen LogP) is 2.73. The second-order valence-electron chi connectivity index (χ2n) is 7.02. The van der Waals surface area contributed by atoms with Gasteiger partial charge < -0.3 is 9.30 Å². The van der Waals surface area contributed by atoms with Crippen LogP contribution in [0.3, 0.4) is 0 Å². The molecule has 30 heavy (non-hydrogen) atoms. The Morgan fingerprint density at radius 1 is 1.07 bits per heavy atom. The van der Waals surface area contributed by atoms with E-state index < -0.39 is 5.97 Å². The van der Waals surface area contributed by atoms with E-state index in [0.29, 0.717) is 30.2 Å². The summed E-state index contributed by atoms with van der Waals surface area (Å²) in [5, 5.41) is 16.7. The number of carbonyl (C=O) groups is 1. The van der Waals surface area contributed by atoms with Crippen molar-refractivity contribution in [1.82, 2.24) is 34.6 Å². The predicted molar refractivity (Wildman–Crippen MR) is 110 cm³/mol. The van der Waals surface area contributed by atoms with Gasteiger partial charge in [-0.25, -0.2) is 4.79 Å². The minimum atomic E-state index is -0.401.